The number of rotatable bonds is 3. The zero-order valence-electron chi connectivity index (χ0n) is 14.8. The molecule has 1 saturated carbocycles. The van der Waals surface area contributed by atoms with Crippen LogP contribution in [0.25, 0.3) is 5.57 Å². The number of benzene rings is 1. The summed E-state index contributed by atoms with van der Waals surface area (Å²) >= 11 is 0. The molecular weight excluding hydrogens is 347 g/mol. The van der Waals surface area contributed by atoms with Gasteiger partial charge < -0.3 is 15.2 Å². The van der Waals surface area contributed by atoms with Gasteiger partial charge in [0, 0.05) is 0 Å². The lowest BCUT2D eigenvalue weighted by atomic mass is 9.80. The summed E-state index contributed by atoms with van der Waals surface area (Å²) in [6.07, 6.45) is -0.0962. The van der Waals surface area contributed by atoms with Crippen molar-refractivity contribution >= 4 is 11.5 Å². The monoisotopic (exact) mass is 369 g/mol. The number of hydrogen-bond acceptors (Lipinski definition) is 3. The summed E-state index contributed by atoms with van der Waals surface area (Å²) in [4.78, 5) is 12.6. The van der Waals surface area contributed by atoms with Crippen molar-refractivity contribution in [1.29, 1.82) is 0 Å². The molecule has 1 aromatic carbocycles. The van der Waals surface area contributed by atoms with Gasteiger partial charge in [-0.3, -0.25) is 4.79 Å². The topological polar surface area (TPSA) is 58.6 Å². The van der Waals surface area contributed by atoms with Crippen LogP contribution in [-0.4, -0.2) is 29.3 Å². The number of aliphatic hydroxyl groups excluding tert-OH is 1. The van der Waals surface area contributed by atoms with Crippen LogP contribution < -0.4 is 10.1 Å². The number of hydrogen-bond donors (Lipinski definition) is 2. The Morgan fingerprint density at radius 3 is 2.27 bits per heavy atom. The lowest BCUT2D eigenvalue weighted by molar-refractivity contribution is -0.153. The van der Waals surface area contributed by atoms with E-state index in [4.69, 9.17) is 4.74 Å². The standard InChI is InChI=1S/C19H22F3NO3/c1-11-8-13(26-10-19(20,21)22)9-12(2)14(11)15-16(24)18(23-17(15)25)6-4-3-5-7-18/h8-9,24H,3-7,10H2,1-2H3,(H,23,25). The van der Waals surface area contributed by atoms with E-state index >= 15 is 0 Å². The fraction of sp³-hybridized carbons (Fsp3) is 0.526. The van der Waals surface area contributed by atoms with Crippen molar-refractivity contribution in [2.75, 3.05) is 6.61 Å². The summed E-state index contributed by atoms with van der Waals surface area (Å²) in [7, 11) is 0. The molecule has 1 amide bonds. The van der Waals surface area contributed by atoms with Crippen LogP contribution in [0.3, 0.4) is 0 Å². The number of carbonyl (C=O) groups excluding carboxylic acids is 1. The lowest BCUT2D eigenvalue weighted by Crippen LogP contribution is -2.46. The van der Waals surface area contributed by atoms with Crippen LogP contribution >= 0.6 is 0 Å². The molecule has 2 N–H and O–H groups in total. The minimum absolute atomic E-state index is 0.0531. The molecule has 1 aliphatic heterocycles. The quantitative estimate of drug-likeness (QED) is 0.833. The molecule has 2 aliphatic rings. The first-order valence-electron chi connectivity index (χ1n) is 8.70. The second-order valence-electron chi connectivity index (χ2n) is 7.16. The molecule has 0 radical (unpaired) electrons. The van der Waals surface area contributed by atoms with E-state index in [9.17, 15) is 23.1 Å². The van der Waals surface area contributed by atoms with Gasteiger partial charge in [0.05, 0.1) is 11.1 Å². The van der Waals surface area contributed by atoms with Crippen LogP contribution in [0.1, 0.15) is 48.8 Å². The first kappa shape index (κ1) is 18.6. The third-order valence-corrected chi connectivity index (χ3v) is 5.14. The zero-order chi connectivity index (χ0) is 19.1. The smallest absolute Gasteiger partial charge is 0.422 e. The largest absolute Gasteiger partial charge is 0.509 e. The number of amides is 1. The Morgan fingerprint density at radius 2 is 1.73 bits per heavy atom. The molecule has 0 bridgehead atoms. The first-order chi connectivity index (χ1) is 12.1. The van der Waals surface area contributed by atoms with Crippen LogP contribution in [0.2, 0.25) is 0 Å². The minimum atomic E-state index is -4.42. The van der Waals surface area contributed by atoms with Crippen LogP contribution in [0.15, 0.2) is 17.9 Å². The van der Waals surface area contributed by atoms with Gasteiger partial charge in [-0.1, -0.05) is 19.3 Å². The van der Waals surface area contributed by atoms with Crippen molar-refractivity contribution in [2.24, 2.45) is 0 Å². The van der Waals surface area contributed by atoms with E-state index in [1.54, 1.807) is 13.8 Å². The first-order valence-corrected chi connectivity index (χ1v) is 8.70. The van der Waals surface area contributed by atoms with Crippen molar-refractivity contribution in [1.82, 2.24) is 5.32 Å². The number of aliphatic hydroxyl groups is 1. The molecule has 142 valence electrons. The van der Waals surface area contributed by atoms with Crippen LogP contribution in [0.4, 0.5) is 13.2 Å². The van der Waals surface area contributed by atoms with E-state index in [-0.39, 0.29) is 23.0 Å². The predicted molar refractivity (Wildman–Crippen MR) is 91.0 cm³/mol. The SMILES string of the molecule is Cc1cc(OCC(F)(F)F)cc(C)c1C1=C(O)C2(CCCCC2)NC1=O. The second-order valence-corrected chi connectivity index (χ2v) is 7.16. The van der Waals surface area contributed by atoms with E-state index in [1.807, 2.05) is 0 Å². The van der Waals surface area contributed by atoms with E-state index < -0.39 is 18.3 Å². The third-order valence-electron chi connectivity index (χ3n) is 5.14. The van der Waals surface area contributed by atoms with Gasteiger partial charge in [-0.05, 0) is 55.5 Å². The van der Waals surface area contributed by atoms with Crippen molar-refractivity contribution in [3.05, 3.63) is 34.6 Å². The number of carbonyl (C=O) groups is 1. The third kappa shape index (κ3) is 3.39. The number of alkyl halides is 3. The molecule has 26 heavy (non-hydrogen) atoms. The molecular formula is C19H22F3NO3. The van der Waals surface area contributed by atoms with Gasteiger partial charge in [-0.25, -0.2) is 0 Å². The summed E-state index contributed by atoms with van der Waals surface area (Å²) < 4.78 is 41.9. The van der Waals surface area contributed by atoms with Gasteiger partial charge in [-0.15, -0.1) is 0 Å². The van der Waals surface area contributed by atoms with E-state index in [1.165, 1.54) is 12.1 Å². The highest BCUT2D eigenvalue weighted by molar-refractivity contribution is 6.24. The Hall–Kier alpha value is -2.18. The molecule has 1 aromatic rings. The fourth-order valence-corrected chi connectivity index (χ4v) is 4.00. The van der Waals surface area contributed by atoms with Crippen LogP contribution in [0.5, 0.6) is 5.75 Å². The number of halogens is 3. The summed E-state index contributed by atoms with van der Waals surface area (Å²) in [6, 6.07) is 2.93. The molecule has 7 heteroatoms. The van der Waals surface area contributed by atoms with E-state index in [0.29, 0.717) is 29.5 Å². The maximum atomic E-state index is 12.6. The van der Waals surface area contributed by atoms with Crippen LogP contribution in [0, 0.1) is 13.8 Å². The van der Waals surface area contributed by atoms with E-state index in [0.717, 1.165) is 19.3 Å². The van der Waals surface area contributed by atoms with Crippen molar-refractivity contribution in [3.8, 4) is 5.75 Å². The molecule has 1 fully saturated rings. The zero-order valence-corrected chi connectivity index (χ0v) is 14.8. The molecule has 0 saturated heterocycles. The summed E-state index contributed by atoms with van der Waals surface area (Å²) in [6.45, 7) is 2.02. The predicted octanol–water partition coefficient (Wildman–Crippen LogP) is 4.35. The number of aryl methyl sites for hydroxylation is 2. The van der Waals surface area contributed by atoms with Crippen molar-refractivity contribution < 1.29 is 27.8 Å². The van der Waals surface area contributed by atoms with Gasteiger partial charge >= 0.3 is 6.18 Å². The Bertz CT molecular complexity index is 739. The van der Waals surface area contributed by atoms with Gasteiger partial charge in [0.25, 0.3) is 5.91 Å². The highest BCUT2D eigenvalue weighted by atomic mass is 19.4. The molecule has 1 heterocycles. The Labute approximate surface area is 150 Å². The van der Waals surface area contributed by atoms with E-state index in [2.05, 4.69) is 5.32 Å². The maximum Gasteiger partial charge on any atom is 0.422 e. The van der Waals surface area contributed by atoms with Gasteiger partial charge in [0.1, 0.15) is 11.5 Å². The molecule has 1 spiro atoms. The maximum absolute atomic E-state index is 12.6. The summed E-state index contributed by atoms with van der Waals surface area (Å²) in [5, 5.41) is 13.8. The number of nitrogens with one attached hydrogen (secondary N) is 1. The fourth-order valence-electron chi connectivity index (χ4n) is 4.00. The highest BCUT2D eigenvalue weighted by Crippen LogP contribution is 2.43. The Kier molecular flexibility index (Phi) is 4.67. The van der Waals surface area contributed by atoms with Gasteiger partial charge in [0.15, 0.2) is 6.61 Å². The van der Waals surface area contributed by atoms with Crippen molar-refractivity contribution in [3.63, 3.8) is 0 Å². The van der Waals surface area contributed by atoms with Crippen molar-refractivity contribution in [2.45, 2.75) is 57.7 Å². The average Bonchev–Trinajstić information content (AvgIpc) is 2.77. The Balaban J connectivity index is 1.97. The molecule has 0 aromatic heterocycles. The minimum Gasteiger partial charge on any atom is -0.509 e. The number of ether oxygens (including phenoxy) is 1. The summed E-state index contributed by atoms with van der Waals surface area (Å²) in [5.74, 6) is -0.191. The summed E-state index contributed by atoms with van der Waals surface area (Å²) in [5.41, 5.74) is 1.26. The van der Waals surface area contributed by atoms with Gasteiger partial charge in [-0.2, -0.15) is 13.2 Å². The normalized spacial score (nSPS) is 19.8. The molecule has 3 rings (SSSR count). The molecule has 0 atom stereocenters. The molecule has 1 aliphatic carbocycles. The highest BCUT2D eigenvalue weighted by Gasteiger charge is 2.46. The lowest BCUT2D eigenvalue weighted by Gasteiger charge is -2.33. The molecule has 4 nitrogen and oxygen atoms in total. The van der Waals surface area contributed by atoms with Gasteiger partial charge in [0.2, 0.25) is 0 Å². The molecule has 0 unspecified atom stereocenters. The Morgan fingerprint density at radius 1 is 1.15 bits per heavy atom. The van der Waals surface area contributed by atoms with Crippen LogP contribution in [-0.2, 0) is 4.79 Å². The average molecular weight is 369 g/mol. The second kappa shape index (κ2) is 6.52.